The second kappa shape index (κ2) is 7.71. The second-order valence-electron chi connectivity index (χ2n) is 6.97. The lowest BCUT2D eigenvalue weighted by atomic mass is 10.1. The third-order valence-corrected chi connectivity index (χ3v) is 4.89. The lowest BCUT2D eigenvalue weighted by molar-refractivity contribution is -0.137. The summed E-state index contributed by atoms with van der Waals surface area (Å²) in [5.74, 6) is -1.56. The standard InChI is InChI=1S/C23H15F3N2O3/c24-23(25,26)16-7-9-17(10-8-16)27-20(29)15-6-11-18-19(12-15)22(31)28(21(18)30)13-14-4-2-1-3-5-14/h1-12H,13H2,(H,27,29). The number of halogens is 3. The number of anilines is 1. The van der Waals surface area contributed by atoms with Gasteiger partial charge in [0.1, 0.15) is 0 Å². The molecule has 1 heterocycles. The molecule has 31 heavy (non-hydrogen) atoms. The van der Waals surface area contributed by atoms with Gasteiger partial charge in [0.2, 0.25) is 0 Å². The molecule has 3 aromatic carbocycles. The molecule has 1 aliphatic heterocycles. The van der Waals surface area contributed by atoms with Crippen molar-refractivity contribution in [1.29, 1.82) is 0 Å². The summed E-state index contributed by atoms with van der Waals surface area (Å²) < 4.78 is 38.0. The molecular formula is C23H15F3N2O3. The maximum atomic E-state index is 12.7. The predicted octanol–water partition coefficient (Wildman–Crippen LogP) is 4.75. The molecule has 0 spiro atoms. The van der Waals surface area contributed by atoms with Crippen LogP contribution in [-0.4, -0.2) is 22.6 Å². The molecule has 0 atom stereocenters. The van der Waals surface area contributed by atoms with Gasteiger partial charge in [-0.05, 0) is 48.0 Å². The molecule has 3 amide bonds. The lowest BCUT2D eigenvalue weighted by Crippen LogP contribution is -2.29. The van der Waals surface area contributed by atoms with Gasteiger partial charge in [-0.25, -0.2) is 0 Å². The van der Waals surface area contributed by atoms with Crippen molar-refractivity contribution in [3.8, 4) is 0 Å². The summed E-state index contributed by atoms with van der Waals surface area (Å²) in [6, 6.07) is 17.2. The summed E-state index contributed by atoms with van der Waals surface area (Å²) in [5, 5.41) is 2.49. The van der Waals surface area contributed by atoms with Crippen molar-refractivity contribution in [2.24, 2.45) is 0 Å². The first-order valence-electron chi connectivity index (χ1n) is 9.27. The van der Waals surface area contributed by atoms with Gasteiger partial charge in [0.15, 0.2) is 0 Å². The van der Waals surface area contributed by atoms with Crippen LogP contribution < -0.4 is 5.32 Å². The Balaban J connectivity index is 1.52. The fourth-order valence-corrected chi connectivity index (χ4v) is 3.29. The van der Waals surface area contributed by atoms with Crippen LogP contribution in [0.3, 0.4) is 0 Å². The molecule has 5 nitrogen and oxygen atoms in total. The number of hydrogen-bond donors (Lipinski definition) is 1. The summed E-state index contributed by atoms with van der Waals surface area (Å²) in [5.41, 5.74) is 0.559. The first-order chi connectivity index (χ1) is 14.7. The number of carbonyl (C=O) groups is 3. The van der Waals surface area contributed by atoms with Crippen LogP contribution in [0.5, 0.6) is 0 Å². The summed E-state index contributed by atoms with van der Waals surface area (Å²) >= 11 is 0. The number of nitrogens with one attached hydrogen (secondary N) is 1. The third kappa shape index (κ3) is 4.05. The van der Waals surface area contributed by atoms with Crippen LogP contribution in [0, 0.1) is 0 Å². The molecule has 0 unspecified atom stereocenters. The average Bonchev–Trinajstić information content (AvgIpc) is 2.98. The number of alkyl halides is 3. The van der Waals surface area contributed by atoms with Gasteiger partial charge in [-0.1, -0.05) is 30.3 Å². The van der Waals surface area contributed by atoms with E-state index in [2.05, 4.69) is 5.32 Å². The van der Waals surface area contributed by atoms with E-state index in [9.17, 15) is 27.6 Å². The monoisotopic (exact) mass is 424 g/mol. The second-order valence-corrected chi connectivity index (χ2v) is 6.97. The quantitative estimate of drug-likeness (QED) is 0.615. The van der Waals surface area contributed by atoms with E-state index >= 15 is 0 Å². The maximum absolute atomic E-state index is 12.7. The fourth-order valence-electron chi connectivity index (χ4n) is 3.29. The normalized spacial score (nSPS) is 13.3. The fraction of sp³-hybridized carbons (Fsp3) is 0.0870. The van der Waals surface area contributed by atoms with Crippen molar-refractivity contribution in [3.05, 3.63) is 101 Å². The molecule has 156 valence electrons. The number of amides is 3. The van der Waals surface area contributed by atoms with Crippen molar-refractivity contribution in [2.45, 2.75) is 12.7 Å². The molecule has 0 fully saturated rings. The first kappa shape index (κ1) is 20.3. The average molecular weight is 424 g/mol. The van der Waals surface area contributed by atoms with Gasteiger partial charge in [-0.15, -0.1) is 0 Å². The number of carbonyl (C=O) groups excluding carboxylic acids is 3. The molecule has 0 aliphatic carbocycles. The minimum atomic E-state index is -4.47. The molecule has 1 N–H and O–H groups in total. The van der Waals surface area contributed by atoms with Crippen LogP contribution in [0.15, 0.2) is 72.8 Å². The Morgan fingerprint density at radius 3 is 2.13 bits per heavy atom. The Morgan fingerprint density at radius 2 is 1.48 bits per heavy atom. The largest absolute Gasteiger partial charge is 0.416 e. The Morgan fingerprint density at radius 1 is 0.839 bits per heavy atom. The third-order valence-electron chi connectivity index (χ3n) is 4.89. The zero-order valence-electron chi connectivity index (χ0n) is 15.9. The van der Waals surface area contributed by atoms with Crippen LogP contribution >= 0.6 is 0 Å². The molecule has 3 aromatic rings. The molecule has 0 bridgehead atoms. The molecule has 0 aromatic heterocycles. The van der Waals surface area contributed by atoms with Gasteiger partial charge in [0, 0.05) is 11.3 Å². The van der Waals surface area contributed by atoms with Crippen molar-refractivity contribution in [2.75, 3.05) is 5.32 Å². The Bertz CT molecular complexity index is 1170. The van der Waals surface area contributed by atoms with Gasteiger partial charge in [0.05, 0.1) is 23.2 Å². The number of rotatable bonds is 4. The number of fused-ring (bicyclic) bond motifs is 1. The number of hydrogen-bond acceptors (Lipinski definition) is 3. The van der Waals surface area contributed by atoms with Gasteiger partial charge in [-0.2, -0.15) is 13.2 Å². The highest BCUT2D eigenvalue weighted by Gasteiger charge is 2.36. The highest BCUT2D eigenvalue weighted by atomic mass is 19.4. The molecule has 4 rings (SSSR count). The summed E-state index contributed by atoms with van der Waals surface area (Å²) in [6.07, 6.45) is -4.47. The predicted molar refractivity (Wildman–Crippen MR) is 106 cm³/mol. The Hall–Kier alpha value is -3.94. The van der Waals surface area contributed by atoms with E-state index < -0.39 is 29.5 Å². The smallest absolute Gasteiger partial charge is 0.322 e. The zero-order valence-corrected chi connectivity index (χ0v) is 15.9. The van der Waals surface area contributed by atoms with Crippen molar-refractivity contribution in [3.63, 3.8) is 0 Å². The molecule has 0 radical (unpaired) electrons. The van der Waals surface area contributed by atoms with E-state index in [1.165, 1.54) is 18.2 Å². The molecular weight excluding hydrogens is 409 g/mol. The van der Waals surface area contributed by atoms with Crippen LogP contribution in [0.1, 0.15) is 42.2 Å². The highest BCUT2D eigenvalue weighted by molar-refractivity contribution is 6.22. The van der Waals surface area contributed by atoms with Gasteiger partial charge in [0.25, 0.3) is 17.7 Å². The summed E-state index contributed by atoms with van der Waals surface area (Å²) in [6.45, 7) is 0.111. The van der Waals surface area contributed by atoms with E-state index in [1.807, 2.05) is 6.07 Å². The molecule has 0 saturated carbocycles. The lowest BCUT2D eigenvalue weighted by Gasteiger charge is -2.13. The van der Waals surface area contributed by atoms with Crippen LogP contribution in [0.2, 0.25) is 0 Å². The Kier molecular flexibility index (Phi) is 5.06. The zero-order chi connectivity index (χ0) is 22.2. The van der Waals surface area contributed by atoms with Gasteiger partial charge in [-0.3, -0.25) is 19.3 Å². The van der Waals surface area contributed by atoms with Gasteiger partial charge < -0.3 is 5.32 Å². The number of benzene rings is 3. The molecule has 0 saturated heterocycles. The first-order valence-corrected chi connectivity index (χ1v) is 9.27. The topological polar surface area (TPSA) is 66.5 Å². The van der Waals surface area contributed by atoms with Crippen LogP contribution in [-0.2, 0) is 12.7 Å². The van der Waals surface area contributed by atoms with E-state index in [0.717, 1.165) is 34.7 Å². The minimum Gasteiger partial charge on any atom is -0.322 e. The minimum absolute atomic E-state index is 0.111. The molecule has 1 aliphatic rings. The van der Waals surface area contributed by atoms with E-state index in [0.29, 0.717) is 0 Å². The number of nitrogens with zero attached hydrogens (tertiary/aromatic N) is 1. The van der Waals surface area contributed by atoms with Crippen LogP contribution in [0.4, 0.5) is 18.9 Å². The van der Waals surface area contributed by atoms with Crippen LogP contribution in [0.25, 0.3) is 0 Å². The maximum Gasteiger partial charge on any atom is 0.416 e. The van der Waals surface area contributed by atoms with E-state index in [1.54, 1.807) is 24.3 Å². The summed E-state index contributed by atoms with van der Waals surface area (Å²) in [4.78, 5) is 39.0. The SMILES string of the molecule is O=C(Nc1ccc(C(F)(F)F)cc1)c1ccc2c(c1)C(=O)N(Cc1ccccc1)C2=O. The number of imide groups is 1. The van der Waals surface area contributed by atoms with E-state index in [4.69, 9.17) is 0 Å². The summed E-state index contributed by atoms with van der Waals surface area (Å²) in [7, 11) is 0. The van der Waals surface area contributed by atoms with Crippen molar-refractivity contribution >= 4 is 23.4 Å². The van der Waals surface area contributed by atoms with Gasteiger partial charge >= 0.3 is 6.18 Å². The highest BCUT2D eigenvalue weighted by Crippen LogP contribution is 2.30. The van der Waals surface area contributed by atoms with Crippen molar-refractivity contribution < 1.29 is 27.6 Å². The van der Waals surface area contributed by atoms with Crippen molar-refractivity contribution in [1.82, 2.24) is 4.90 Å². The van der Waals surface area contributed by atoms with E-state index in [-0.39, 0.29) is 28.9 Å². The Labute approximate surface area is 175 Å². The molecule has 8 heteroatoms.